The summed E-state index contributed by atoms with van der Waals surface area (Å²) in [6.07, 6.45) is 0. The lowest BCUT2D eigenvalue weighted by atomic mass is 10.2. The minimum Gasteiger partial charge on any atom is -0.495 e. The van der Waals surface area contributed by atoms with Crippen molar-refractivity contribution in [3.63, 3.8) is 0 Å². The summed E-state index contributed by atoms with van der Waals surface area (Å²) in [6, 6.07) is 10.8. The van der Waals surface area contributed by atoms with E-state index < -0.39 is 22.5 Å². The maximum atomic E-state index is 13.0. The maximum Gasteiger partial charge on any atom is 0.264 e. The molecule has 0 aliphatic carbocycles. The van der Waals surface area contributed by atoms with Gasteiger partial charge in [0.25, 0.3) is 10.0 Å². The number of hydrogen-bond acceptors (Lipinski definition) is 4. The van der Waals surface area contributed by atoms with E-state index in [4.69, 9.17) is 22.1 Å². The lowest BCUT2D eigenvalue weighted by Gasteiger charge is -2.25. The fraction of sp³-hybridized carbons (Fsp3) is 0.188. The Bertz CT molecular complexity index is 851. The van der Waals surface area contributed by atoms with Crippen molar-refractivity contribution in [3.8, 4) is 5.75 Å². The fourth-order valence-corrected chi connectivity index (χ4v) is 3.74. The summed E-state index contributed by atoms with van der Waals surface area (Å²) in [7, 11) is -2.62. The summed E-state index contributed by atoms with van der Waals surface area (Å²) < 4.78 is 32.0. The molecule has 2 aromatic carbocycles. The monoisotopic (exact) mass is 368 g/mol. The first-order valence-corrected chi connectivity index (χ1v) is 8.79. The van der Waals surface area contributed by atoms with Crippen LogP contribution in [0, 0.1) is 6.92 Å². The minimum absolute atomic E-state index is 0.0383. The predicted octanol–water partition coefficient (Wildman–Crippen LogP) is 2.34. The first kappa shape index (κ1) is 18.1. The summed E-state index contributed by atoms with van der Waals surface area (Å²) in [6.45, 7) is 1.31. The number of anilines is 1. The molecule has 0 radical (unpaired) electrons. The first-order valence-electron chi connectivity index (χ1n) is 6.97. The number of methoxy groups -OCH3 is 1. The Kier molecular flexibility index (Phi) is 5.36. The number of rotatable bonds is 6. The second-order valence-corrected chi connectivity index (χ2v) is 7.41. The van der Waals surface area contributed by atoms with E-state index in [2.05, 4.69) is 0 Å². The van der Waals surface area contributed by atoms with Crippen molar-refractivity contribution in [3.05, 3.63) is 53.1 Å². The highest BCUT2D eigenvalue weighted by atomic mass is 35.5. The first-order chi connectivity index (χ1) is 11.3. The molecule has 0 unspecified atom stereocenters. The summed E-state index contributed by atoms with van der Waals surface area (Å²) in [5.74, 6) is -0.538. The van der Waals surface area contributed by atoms with E-state index in [9.17, 15) is 13.2 Å². The number of halogens is 1. The van der Waals surface area contributed by atoms with Crippen molar-refractivity contribution in [2.75, 3.05) is 18.0 Å². The number of primary amides is 1. The standard InChI is InChI=1S/C16H17ClN2O4S/c1-11-3-6-13(7-4-11)24(21,22)19(10-16(18)20)14-9-12(17)5-8-15(14)23-2/h3-9H,10H2,1-2H3,(H2,18,20). The molecule has 2 aromatic rings. The molecular weight excluding hydrogens is 352 g/mol. The van der Waals surface area contributed by atoms with Gasteiger partial charge in [-0.05, 0) is 37.3 Å². The van der Waals surface area contributed by atoms with E-state index in [1.165, 1.54) is 31.4 Å². The van der Waals surface area contributed by atoms with Gasteiger partial charge in [0.1, 0.15) is 12.3 Å². The summed E-state index contributed by atoms with van der Waals surface area (Å²) in [5, 5.41) is 0.305. The lowest BCUT2D eigenvalue weighted by Crippen LogP contribution is -2.38. The van der Waals surface area contributed by atoms with Crippen molar-refractivity contribution in [2.45, 2.75) is 11.8 Å². The normalized spacial score (nSPS) is 11.1. The quantitative estimate of drug-likeness (QED) is 0.847. The second-order valence-electron chi connectivity index (χ2n) is 5.11. The van der Waals surface area contributed by atoms with E-state index >= 15 is 0 Å². The van der Waals surface area contributed by atoms with Crippen molar-refractivity contribution in [1.29, 1.82) is 0 Å². The number of carbonyl (C=O) groups excluding carboxylic acids is 1. The molecule has 0 bridgehead atoms. The number of hydrogen-bond donors (Lipinski definition) is 1. The number of nitrogens with zero attached hydrogens (tertiary/aromatic N) is 1. The van der Waals surface area contributed by atoms with Crippen molar-refractivity contribution in [1.82, 2.24) is 0 Å². The molecule has 128 valence electrons. The number of aryl methyl sites for hydroxylation is 1. The van der Waals surface area contributed by atoms with Gasteiger partial charge in [-0.1, -0.05) is 29.3 Å². The van der Waals surface area contributed by atoms with Gasteiger partial charge in [-0.3, -0.25) is 9.10 Å². The molecule has 24 heavy (non-hydrogen) atoms. The van der Waals surface area contributed by atoms with Crippen LogP contribution in [0.1, 0.15) is 5.56 Å². The molecule has 0 atom stereocenters. The molecule has 1 amide bonds. The highest BCUT2D eigenvalue weighted by Gasteiger charge is 2.29. The molecule has 0 aromatic heterocycles. The molecule has 6 nitrogen and oxygen atoms in total. The molecule has 0 heterocycles. The summed E-state index contributed by atoms with van der Waals surface area (Å²) in [4.78, 5) is 11.5. The summed E-state index contributed by atoms with van der Waals surface area (Å²) >= 11 is 5.98. The van der Waals surface area contributed by atoms with Gasteiger partial charge < -0.3 is 10.5 Å². The number of sulfonamides is 1. The van der Waals surface area contributed by atoms with Crippen LogP contribution in [0.3, 0.4) is 0 Å². The zero-order valence-electron chi connectivity index (χ0n) is 13.2. The van der Waals surface area contributed by atoms with Crippen LogP contribution in [0.2, 0.25) is 5.02 Å². The SMILES string of the molecule is COc1ccc(Cl)cc1N(CC(N)=O)S(=O)(=O)c1ccc(C)cc1. The van der Waals surface area contributed by atoms with E-state index in [0.29, 0.717) is 5.02 Å². The van der Waals surface area contributed by atoms with Crippen LogP contribution in [0.5, 0.6) is 5.75 Å². The Balaban J connectivity index is 2.63. The molecule has 0 aliphatic rings. The number of ether oxygens (including phenoxy) is 1. The predicted molar refractivity (Wildman–Crippen MR) is 92.9 cm³/mol. The molecule has 0 saturated carbocycles. The van der Waals surface area contributed by atoms with Crippen LogP contribution in [0.15, 0.2) is 47.4 Å². The topological polar surface area (TPSA) is 89.7 Å². The fourth-order valence-electron chi connectivity index (χ4n) is 2.14. The van der Waals surface area contributed by atoms with Crippen molar-refractivity contribution < 1.29 is 17.9 Å². The highest BCUT2D eigenvalue weighted by molar-refractivity contribution is 7.92. The Morgan fingerprint density at radius 1 is 1.21 bits per heavy atom. The number of carbonyl (C=O) groups is 1. The van der Waals surface area contributed by atoms with Gasteiger partial charge in [-0.25, -0.2) is 8.42 Å². The molecule has 2 rings (SSSR count). The van der Waals surface area contributed by atoms with Gasteiger partial charge in [-0.2, -0.15) is 0 Å². The Morgan fingerprint density at radius 2 is 1.83 bits per heavy atom. The van der Waals surface area contributed by atoms with Crippen LogP contribution in [0.4, 0.5) is 5.69 Å². The van der Waals surface area contributed by atoms with Gasteiger partial charge >= 0.3 is 0 Å². The third-order valence-electron chi connectivity index (χ3n) is 3.32. The molecule has 0 spiro atoms. The van der Waals surface area contributed by atoms with Crippen LogP contribution < -0.4 is 14.8 Å². The largest absolute Gasteiger partial charge is 0.495 e. The average molecular weight is 369 g/mol. The van der Waals surface area contributed by atoms with Gasteiger partial charge in [0, 0.05) is 5.02 Å². The number of nitrogens with two attached hydrogens (primary N) is 1. The molecule has 8 heteroatoms. The van der Waals surface area contributed by atoms with Crippen molar-refractivity contribution >= 4 is 33.2 Å². The van der Waals surface area contributed by atoms with Gasteiger partial charge in [-0.15, -0.1) is 0 Å². The molecule has 2 N–H and O–H groups in total. The number of benzene rings is 2. The average Bonchev–Trinajstić information content (AvgIpc) is 2.52. The van der Waals surface area contributed by atoms with Crippen LogP contribution >= 0.6 is 11.6 Å². The zero-order valence-corrected chi connectivity index (χ0v) is 14.8. The van der Waals surface area contributed by atoms with Crippen molar-refractivity contribution in [2.24, 2.45) is 5.73 Å². The van der Waals surface area contributed by atoms with Gasteiger partial charge in [0.15, 0.2) is 0 Å². The van der Waals surface area contributed by atoms with E-state index in [1.807, 2.05) is 6.92 Å². The van der Waals surface area contributed by atoms with E-state index in [0.717, 1.165) is 9.87 Å². The van der Waals surface area contributed by atoms with E-state index in [1.54, 1.807) is 18.2 Å². The Morgan fingerprint density at radius 3 is 2.38 bits per heavy atom. The smallest absolute Gasteiger partial charge is 0.264 e. The molecule has 0 aliphatic heterocycles. The van der Waals surface area contributed by atoms with Crippen LogP contribution in [-0.4, -0.2) is 28.0 Å². The second kappa shape index (κ2) is 7.11. The van der Waals surface area contributed by atoms with E-state index in [-0.39, 0.29) is 16.3 Å². The third kappa shape index (κ3) is 3.80. The van der Waals surface area contributed by atoms with Gasteiger partial charge in [0.2, 0.25) is 5.91 Å². The molecular formula is C16H17ClN2O4S. The Labute approximate surface area is 145 Å². The van der Waals surface area contributed by atoms with Gasteiger partial charge in [0.05, 0.1) is 17.7 Å². The minimum atomic E-state index is -4.02. The maximum absolute atomic E-state index is 13.0. The van der Waals surface area contributed by atoms with Crippen LogP contribution in [0.25, 0.3) is 0 Å². The Hall–Kier alpha value is -2.25. The van der Waals surface area contributed by atoms with Crippen LogP contribution in [-0.2, 0) is 14.8 Å². The third-order valence-corrected chi connectivity index (χ3v) is 5.33. The molecule has 0 saturated heterocycles. The number of amides is 1. The zero-order chi connectivity index (χ0) is 17.9. The molecule has 0 fully saturated rings. The lowest BCUT2D eigenvalue weighted by molar-refractivity contribution is -0.116. The summed E-state index contributed by atoms with van der Waals surface area (Å²) in [5.41, 5.74) is 6.30. The highest BCUT2D eigenvalue weighted by Crippen LogP contribution is 2.34.